The van der Waals surface area contributed by atoms with Gasteiger partial charge in [-0.3, -0.25) is 10.2 Å². The van der Waals surface area contributed by atoms with Gasteiger partial charge in [0.2, 0.25) is 0 Å². The molecule has 0 aromatic heterocycles. The Bertz CT molecular complexity index is 577. The largest absolute Gasteiger partial charge is 0.461 e. The fraction of sp³-hybridized carbons (Fsp3) is 0.438. The molecule has 1 fully saturated rings. The second-order valence-electron chi connectivity index (χ2n) is 5.01. The smallest absolute Gasteiger partial charge is 0.354 e. The SMILES string of the molecule is CCOC(=O)C(C)=NNc1ccc(C(=O)N2CCOCC2)cc1. The zero-order chi connectivity index (χ0) is 16.7. The van der Waals surface area contributed by atoms with Crippen molar-refractivity contribution in [2.24, 2.45) is 5.10 Å². The molecule has 0 aliphatic carbocycles. The van der Waals surface area contributed by atoms with Gasteiger partial charge in [0.15, 0.2) is 0 Å². The van der Waals surface area contributed by atoms with E-state index >= 15 is 0 Å². The summed E-state index contributed by atoms with van der Waals surface area (Å²) < 4.78 is 10.1. The number of carbonyl (C=O) groups excluding carboxylic acids is 2. The fourth-order valence-corrected chi connectivity index (χ4v) is 2.07. The Balaban J connectivity index is 1.95. The summed E-state index contributed by atoms with van der Waals surface area (Å²) in [5.41, 5.74) is 4.31. The second-order valence-corrected chi connectivity index (χ2v) is 5.01. The first-order valence-electron chi connectivity index (χ1n) is 7.56. The van der Waals surface area contributed by atoms with Gasteiger partial charge < -0.3 is 14.4 Å². The third-order valence-corrected chi connectivity index (χ3v) is 3.35. The van der Waals surface area contributed by atoms with E-state index in [2.05, 4.69) is 10.5 Å². The quantitative estimate of drug-likeness (QED) is 0.505. The van der Waals surface area contributed by atoms with Crippen LogP contribution in [0.25, 0.3) is 0 Å². The van der Waals surface area contributed by atoms with Crippen molar-refractivity contribution in [1.29, 1.82) is 0 Å². The van der Waals surface area contributed by atoms with E-state index < -0.39 is 5.97 Å². The number of benzene rings is 1. The minimum atomic E-state index is -0.459. The molecule has 0 bridgehead atoms. The van der Waals surface area contributed by atoms with E-state index in [1.165, 1.54) is 0 Å². The summed E-state index contributed by atoms with van der Waals surface area (Å²) >= 11 is 0. The van der Waals surface area contributed by atoms with E-state index in [-0.39, 0.29) is 11.6 Å². The van der Waals surface area contributed by atoms with E-state index in [1.807, 2.05) is 0 Å². The number of rotatable bonds is 5. The Morgan fingerprint density at radius 2 is 1.91 bits per heavy atom. The fourth-order valence-electron chi connectivity index (χ4n) is 2.07. The van der Waals surface area contributed by atoms with Crippen LogP contribution in [0.1, 0.15) is 24.2 Å². The second kappa shape index (κ2) is 8.28. The van der Waals surface area contributed by atoms with Gasteiger partial charge >= 0.3 is 5.97 Å². The van der Waals surface area contributed by atoms with Gasteiger partial charge in [0.25, 0.3) is 5.91 Å². The van der Waals surface area contributed by atoms with E-state index in [4.69, 9.17) is 9.47 Å². The van der Waals surface area contributed by atoms with E-state index in [9.17, 15) is 9.59 Å². The first-order valence-corrected chi connectivity index (χ1v) is 7.56. The molecule has 0 unspecified atom stereocenters. The van der Waals surface area contributed by atoms with Crippen molar-refractivity contribution in [2.75, 3.05) is 38.3 Å². The average molecular weight is 319 g/mol. The van der Waals surface area contributed by atoms with Crippen molar-refractivity contribution < 1.29 is 19.1 Å². The number of carbonyl (C=O) groups is 2. The Morgan fingerprint density at radius 3 is 2.52 bits per heavy atom. The van der Waals surface area contributed by atoms with Crippen LogP contribution < -0.4 is 5.43 Å². The molecule has 23 heavy (non-hydrogen) atoms. The van der Waals surface area contributed by atoms with E-state index in [0.29, 0.717) is 44.2 Å². The molecule has 1 aliphatic heterocycles. The van der Waals surface area contributed by atoms with Crippen LogP contribution in [0.4, 0.5) is 5.69 Å². The highest BCUT2D eigenvalue weighted by molar-refractivity contribution is 6.35. The first-order chi connectivity index (χ1) is 11.1. The van der Waals surface area contributed by atoms with Crippen LogP contribution in [-0.4, -0.2) is 55.4 Å². The summed E-state index contributed by atoms with van der Waals surface area (Å²) in [6.45, 7) is 6.00. The van der Waals surface area contributed by atoms with Gasteiger partial charge in [-0.2, -0.15) is 5.10 Å². The van der Waals surface area contributed by atoms with Crippen molar-refractivity contribution >= 4 is 23.3 Å². The Morgan fingerprint density at radius 1 is 1.26 bits per heavy atom. The van der Waals surface area contributed by atoms with Crippen LogP contribution in [0, 0.1) is 0 Å². The molecule has 7 heteroatoms. The third kappa shape index (κ3) is 4.79. The molecule has 1 aromatic rings. The monoisotopic (exact) mass is 319 g/mol. The molecular weight excluding hydrogens is 298 g/mol. The van der Waals surface area contributed by atoms with Gasteiger partial charge in [-0.05, 0) is 38.1 Å². The summed E-state index contributed by atoms with van der Waals surface area (Å²) in [6, 6.07) is 6.95. The number of morpholine rings is 1. The highest BCUT2D eigenvalue weighted by Gasteiger charge is 2.18. The zero-order valence-electron chi connectivity index (χ0n) is 13.4. The van der Waals surface area contributed by atoms with Gasteiger partial charge in [-0.15, -0.1) is 0 Å². The number of nitrogens with zero attached hydrogens (tertiary/aromatic N) is 2. The predicted molar refractivity (Wildman–Crippen MR) is 86.5 cm³/mol. The predicted octanol–water partition coefficient (Wildman–Crippen LogP) is 1.51. The molecule has 0 atom stereocenters. The Labute approximate surface area is 135 Å². The van der Waals surface area contributed by atoms with Crippen LogP contribution in [0.5, 0.6) is 0 Å². The number of ether oxygens (including phenoxy) is 2. The maximum Gasteiger partial charge on any atom is 0.354 e. The van der Waals surface area contributed by atoms with Gasteiger partial charge in [-0.1, -0.05) is 0 Å². The van der Waals surface area contributed by atoms with Crippen molar-refractivity contribution in [3.05, 3.63) is 29.8 Å². The lowest BCUT2D eigenvalue weighted by Crippen LogP contribution is -2.40. The lowest BCUT2D eigenvalue weighted by Gasteiger charge is -2.26. The molecule has 0 spiro atoms. The standard InChI is InChI=1S/C16H21N3O4/c1-3-23-16(21)12(2)17-18-14-6-4-13(5-7-14)15(20)19-8-10-22-11-9-19/h4-7,18H,3,8-11H2,1-2H3. The number of esters is 1. The molecule has 1 aromatic carbocycles. The highest BCUT2D eigenvalue weighted by atomic mass is 16.5. The Hall–Kier alpha value is -2.41. The summed E-state index contributed by atoms with van der Waals surface area (Å²) in [6.07, 6.45) is 0. The van der Waals surface area contributed by atoms with Crippen molar-refractivity contribution in [3.8, 4) is 0 Å². The first kappa shape index (κ1) is 17.0. The van der Waals surface area contributed by atoms with Crippen LogP contribution in [0.3, 0.4) is 0 Å². The normalized spacial score (nSPS) is 15.2. The lowest BCUT2D eigenvalue weighted by molar-refractivity contribution is -0.135. The number of nitrogens with one attached hydrogen (secondary N) is 1. The number of anilines is 1. The topological polar surface area (TPSA) is 80.2 Å². The molecule has 124 valence electrons. The molecule has 1 saturated heterocycles. The van der Waals surface area contributed by atoms with Crippen LogP contribution in [0.15, 0.2) is 29.4 Å². The minimum Gasteiger partial charge on any atom is -0.461 e. The summed E-state index contributed by atoms with van der Waals surface area (Å²) in [4.78, 5) is 25.5. The van der Waals surface area contributed by atoms with Crippen molar-refractivity contribution in [1.82, 2.24) is 4.90 Å². The number of hydrazone groups is 1. The zero-order valence-corrected chi connectivity index (χ0v) is 13.4. The minimum absolute atomic E-state index is 0.00828. The summed E-state index contributed by atoms with van der Waals surface area (Å²) in [5.74, 6) is -0.467. The Kier molecular flexibility index (Phi) is 6.10. The number of amides is 1. The van der Waals surface area contributed by atoms with E-state index in [1.54, 1.807) is 43.0 Å². The van der Waals surface area contributed by atoms with Crippen LogP contribution >= 0.6 is 0 Å². The number of hydrogen-bond acceptors (Lipinski definition) is 6. The molecule has 1 aliphatic rings. The molecule has 0 radical (unpaired) electrons. The summed E-state index contributed by atoms with van der Waals surface area (Å²) in [7, 11) is 0. The molecule has 7 nitrogen and oxygen atoms in total. The van der Waals surface area contributed by atoms with Gasteiger partial charge in [0, 0.05) is 18.7 Å². The van der Waals surface area contributed by atoms with Gasteiger partial charge in [0.1, 0.15) is 5.71 Å². The lowest BCUT2D eigenvalue weighted by atomic mass is 10.2. The molecule has 0 saturated carbocycles. The highest BCUT2D eigenvalue weighted by Crippen LogP contribution is 2.12. The van der Waals surface area contributed by atoms with Gasteiger partial charge in [0.05, 0.1) is 25.5 Å². The van der Waals surface area contributed by atoms with Crippen LogP contribution in [0.2, 0.25) is 0 Å². The molecular formula is C16H21N3O4. The average Bonchev–Trinajstić information content (AvgIpc) is 2.60. The molecule has 1 heterocycles. The molecule has 2 rings (SSSR count). The third-order valence-electron chi connectivity index (χ3n) is 3.35. The molecule has 1 amide bonds. The van der Waals surface area contributed by atoms with Gasteiger partial charge in [-0.25, -0.2) is 4.79 Å². The van der Waals surface area contributed by atoms with E-state index in [0.717, 1.165) is 0 Å². The van der Waals surface area contributed by atoms with Crippen molar-refractivity contribution in [3.63, 3.8) is 0 Å². The number of hydrogen-bond donors (Lipinski definition) is 1. The maximum atomic E-state index is 12.3. The van der Waals surface area contributed by atoms with Crippen molar-refractivity contribution in [2.45, 2.75) is 13.8 Å². The maximum absolute atomic E-state index is 12.3. The van der Waals surface area contributed by atoms with Crippen LogP contribution in [-0.2, 0) is 14.3 Å². The summed E-state index contributed by atoms with van der Waals surface area (Å²) in [5, 5.41) is 3.96. The molecule has 1 N–H and O–H groups in total.